The number of carbonyl (C=O) groups is 1. The molecule has 0 spiro atoms. The van der Waals surface area contributed by atoms with Crippen LogP contribution in [-0.4, -0.2) is 37.4 Å². The van der Waals surface area contributed by atoms with E-state index in [4.69, 9.17) is 15.6 Å². The summed E-state index contributed by atoms with van der Waals surface area (Å²) in [6.45, 7) is 0.876. The van der Waals surface area contributed by atoms with Crippen molar-refractivity contribution in [3.05, 3.63) is 23.8 Å². The van der Waals surface area contributed by atoms with Crippen LogP contribution in [0, 0.1) is 0 Å². The smallest absolute Gasteiger partial charge is 0.340 e. The zero-order chi connectivity index (χ0) is 14.5. The second-order valence-electron chi connectivity index (χ2n) is 5.12. The molecule has 0 unspecified atom stereocenters. The van der Waals surface area contributed by atoms with Crippen LogP contribution in [0.2, 0.25) is 0 Å². The van der Waals surface area contributed by atoms with E-state index in [0.717, 1.165) is 25.1 Å². The van der Waals surface area contributed by atoms with Gasteiger partial charge in [0.2, 0.25) is 0 Å². The Bertz CT molecular complexity index is 472. The number of aliphatic hydroxyl groups excluding tert-OH is 1. The van der Waals surface area contributed by atoms with E-state index in [1.807, 2.05) is 6.07 Å². The van der Waals surface area contributed by atoms with Gasteiger partial charge in [-0.1, -0.05) is 0 Å². The summed E-state index contributed by atoms with van der Waals surface area (Å²) < 4.78 is 4.85. The number of benzene rings is 1. The van der Waals surface area contributed by atoms with E-state index in [-0.39, 0.29) is 12.6 Å². The summed E-state index contributed by atoms with van der Waals surface area (Å²) in [5.41, 5.74) is 7.67. The topological polar surface area (TPSA) is 75.8 Å². The number of hydrogen-bond acceptors (Lipinski definition) is 5. The van der Waals surface area contributed by atoms with Crippen molar-refractivity contribution in [1.29, 1.82) is 0 Å². The van der Waals surface area contributed by atoms with Gasteiger partial charge in [-0.2, -0.15) is 0 Å². The summed E-state index contributed by atoms with van der Waals surface area (Å²) in [4.78, 5) is 14.1. The van der Waals surface area contributed by atoms with Crippen LogP contribution in [0.4, 0.5) is 11.4 Å². The number of ether oxygens (including phenoxy) is 1. The molecule has 0 amide bonds. The van der Waals surface area contributed by atoms with Crippen molar-refractivity contribution in [3.63, 3.8) is 0 Å². The van der Waals surface area contributed by atoms with Crippen molar-refractivity contribution in [2.75, 3.05) is 30.9 Å². The van der Waals surface area contributed by atoms with E-state index in [1.54, 1.807) is 12.1 Å². The molecule has 0 radical (unpaired) electrons. The van der Waals surface area contributed by atoms with E-state index in [2.05, 4.69) is 4.90 Å². The highest BCUT2D eigenvalue weighted by atomic mass is 16.5. The van der Waals surface area contributed by atoms with Crippen molar-refractivity contribution in [2.45, 2.75) is 31.7 Å². The molecule has 2 rings (SSSR count). The highest BCUT2D eigenvalue weighted by molar-refractivity contribution is 5.97. The molecule has 0 atom stereocenters. The summed E-state index contributed by atoms with van der Waals surface area (Å²) >= 11 is 0. The molecule has 1 aromatic rings. The molecule has 5 heteroatoms. The van der Waals surface area contributed by atoms with Crippen molar-refractivity contribution in [1.82, 2.24) is 0 Å². The fourth-order valence-corrected chi connectivity index (χ4v) is 2.52. The van der Waals surface area contributed by atoms with Gasteiger partial charge in [-0.25, -0.2) is 4.79 Å². The molecule has 5 nitrogen and oxygen atoms in total. The minimum absolute atomic E-state index is 0.145. The second kappa shape index (κ2) is 6.61. The normalized spacial score (nSPS) is 14.7. The first-order chi connectivity index (χ1) is 9.67. The summed E-state index contributed by atoms with van der Waals surface area (Å²) in [5.74, 6) is -0.374. The van der Waals surface area contributed by atoms with Gasteiger partial charge >= 0.3 is 5.97 Å². The Morgan fingerprint density at radius 2 is 2.25 bits per heavy atom. The van der Waals surface area contributed by atoms with E-state index in [9.17, 15) is 4.79 Å². The molecule has 0 aliphatic heterocycles. The fourth-order valence-electron chi connectivity index (χ4n) is 2.52. The molecule has 0 saturated heterocycles. The number of esters is 1. The number of aliphatic hydroxyl groups is 1. The van der Waals surface area contributed by atoms with Gasteiger partial charge in [-0.05, 0) is 43.9 Å². The molecule has 0 aromatic heterocycles. The molecule has 1 aliphatic rings. The van der Waals surface area contributed by atoms with E-state index < -0.39 is 0 Å². The van der Waals surface area contributed by atoms with Crippen LogP contribution in [-0.2, 0) is 4.74 Å². The summed E-state index contributed by atoms with van der Waals surface area (Å²) in [5, 5.41) is 9.07. The van der Waals surface area contributed by atoms with E-state index >= 15 is 0 Å². The minimum Gasteiger partial charge on any atom is -0.465 e. The number of carbonyl (C=O) groups excluding carboxylic acids is 1. The maximum Gasteiger partial charge on any atom is 0.340 e. The van der Waals surface area contributed by atoms with Crippen LogP contribution >= 0.6 is 0 Å². The first kappa shape index (κ1) is 14.7. The van der Waals surface area contributed by atoms with Gasteiger partial charge in [-0.15, -0.1) is 0 Å². The number of nitrogen functional groups attached to an aromatic ring is 1. The van der Waals surface area contributed by atoms with E-state index in [1.165, 1.54) is 13.5 Å². The number of anilines is 2. The molecule has 3 N–H and O–H groups in total. The highest BCUT2D eigenvalue weighted by Gasteiger charge is 2.28. The van der Waals surface area contributed by atoms with Gasteiger partial charge in [0.1, 0.15) is 0 Å². The summed E-state index contributed by atoms with van der Waals surface area (Å²) in [6, 6.07) is 5.77. The van der Waals surface area contributed by atoms with E-state index in [0.29, 0.717) is 23.7 Å². The zero-order valence-corrected chi connectivity index (χ0v) is 11.8. The SMILES string of the molecule is COC(=O)c1cc(N)ccc1N(CCCO)C1CCC1. The third kappa shape index (κ3) is 3.04. The average Bonchev–Trinajstić information content (AvgIpc) is 2.40. The highest BCUT2D eigenvalue weighted by Crippen LogP contribution is 2.33. The van der Waals surface area contributed by atoms with Gasteiger partial charge in [-0.3, -0.25) is 0 Å². The Morgan fingerprint density at radius 3 is 2.80 bits per heavy atom. The molecular formula is C15H22N2O3. The number of hydrogen-bond donors (Lipinski definition) is 2. The van der Waals surface area contributed by atoms with Gasteiger partial charge in [0.05, 0.1) is 18.4 Å². The predicted molar refractivity (Wildman–Crippen MR) is 78.9 cm³/mol. The summed E-state index contributed by atoms with van der Waals surface area (Å²) in [7, 11) is 1.37. The molecule has 1 aliphatic carbocycles. The molecule has 0 heterocycles. The number of nitrogens with two attached hydrogens (primary N) is 1. The van der Waals surface area contributed by atoms with Gasteiger partial charge in [0.25, 0.3) is 0 Å². The van der Waals surface area contributed by atoms with Gasteiger partial charge in [0, 0.05) is 24.9 Å². The lowest BCUT2D eigenvalue weighted by Gasteiger charge is -2.40. The number of nitrogens with zero attached hydrogens (tertiary/aromatic N) is 1. The molecule has 1 aromatic carbocycles. The van der Waals surface area contributed by atoms with Crippen LogP contribution in [0.1, 0.15) is 36.0 Å². The van der Waals surface area contributed by atoms with Crippen LogP contribution in [0.25, 0.3) is 0 Å². The lowest BCUT2D eigenvalue weighted by molar-refractivity contribution is 0.0601. The third-order valence-corrected chi connectivity index (χ3v) is 3.81. The molecule has 20 heavy (non-hydrogen) atoms. The van der Waals surface area contributed by atoms with Crippen molar-refractivity contribution in [3.8, 4) is 0 Å². The Kier molecular flexibility index (Phi) is 4.84. The molecule has 110 valence electrons. The Morgan fingerprint density at radius 1 is 1.50 bits per heavy atom. The Hall–Kier alpha value is -1.75. The maximum absolute atomic E-state index is 11.9. The largest absolute Gasteiger partial charge is 0.465 e. The van der Waals surface area contributed by atoms with Gasteiger partial charge < -0.3 is 20.5 Å². The molecular weight excluding hydrogens is 256 g/mol. The maximum atomic E-state index is 11.9. The van der Waals surface area contributed by atoms with Crippen molar-refractivity contribution in [2.24, 2.45) is 0 Å². The Balaban J connectivity index is 2.33. The van der Waals surface area contributed by atoms with Crippen molar-refractivity contribution >= 4 is 17.3 Å². The monoisotopic (exact) mass is 278 g/mol. The lowest BCUT2D eigenvalue weighted by atomic mass is 9.90. The molecule has 1 fully saturated rings. The lowest BCUT2D eigenvalue weighted by Crippen LogP contribution is -2.42. The Labute approximate surface area is 119 Å². The quantitative estimate of drug-likeness (QED) is 0.613. The number of methoxy groups -OCH3 is 1. The summed E-state index contributed by atoms with van der Waals surface area (Å²) in [6.07, 6.45) is 4.14. The first-order valence-corrected chi connectivity index (χ1v) is 7.02. The molecule has 1 saturated carbocycles. The number of rotatable bonds is 6. The van der Waals surface area contributed by atoms with Gasteiger partial charge in [0.15, 0.2) is 0 Å². The fraction of sp³-hybridized carbons (Fsp3) is 0.533. The standard InChI is InChI=1S/C15H22N2O3/c1-20-15(19)13-10-11(16)6-7-14(13)17(8-3-9-18)12-4-2-5-12/h6-7,10,12,18H,2-5,8-9,16H2,1H3. The average molecular weight is 278 g/mol. The second-order valence-corrected chi connectivity index (χ2v) is 5.12. The predicted octanol–water partition coefficient (Wildman–Crippen LogP) is 1.80. The molecule has 0 bridgehead atoms. The minimum atomic E-state index is -0.374. The van der Waals surface area contributed by atoms with Crippen LogP contribution < -0.4 is 10.6 Å². The third-order valence-electron chi connectivity index (χ3n) is 3.81. The van der Waals surface area contributed by atoms with Crippen LogP contribution in [0.15, 0.2) is 18.2 Å². The van der Waals surface area contributed by atoms with Crippen LogP contribution in [0.3, 0.4) is 0 Å². The zero-order valence-electron chi connectivity index (χ0n) is 11.8. The van der Waals surface area contributed by atoms with Crippen LogP contribution in [0.5, 0.6) is 0 Å². The first-order valence-electron chi connectivity index (χ1n) is 7.02. The van der Waals surface area contributed by atoms with Crippen molar-refractivity contribution < 1.29 is 14.6 Å².